The molecule has 1 aliphatic rings. The van der Waals surface area contributed by atoms with Crippen molar-refractivity contribution in [2.75, 3.05) is 5.32 Å². The van der Waals surface area contributed by atoms with E-state index in [0.29, 0.717) is 0 Å². The van der Waals surface area contributed by atoms with Crippen molar-refractivity contribution in [2.45, 2.75) is 25.8 Å². The summed E-state index contributed by atoms with van der Waals surface area (Å²) in [6.07, 6.45) is 0.968. The maximum absolute atomic E-state index is 14.2. The Balaban J connectivity index is 1.69. The van der Waals surface area contributed by atoms with Gasteiger partial charge in [-0.1, -0.05) is 12.1 Å². The molecule has 0 radical (unpaired) electrons. The summed E-state index contributed by atoms with van der Waals surface area (Å²) in [5.74, 6) is -3.45. The minimum absolute atomic E-state index is 0.0128. The van der Waals surface area contributed by atoms with Gasteiger partial charge in [-0.3, -0.25) is 4.79 Å². The van der Waals surface area contributed by atoms with Gasteiger partial charge >= 0.3 is 0 Å². The van der Waals surface area contributed by atoms with Gasteiger partial charge in [-0.05, 0) is 26.0 Å². The zero-order valence-corrected chi connectivity index (χ0v) is 16.8. The molecule has 1 aliphatic heterocycles. The first-order chi connectivity index (χ1) is 15.2. The molecule has 0 bridgehead atoms. The number of aromatic nitrogens is 5. The number of anilines is 1. The number of halogens is 3. The molecule has 11 heteroatoms. The van der Waals surface area contributed by atoms with Gasteiger partial charge in [-0.25, -0.2) is 27.8 Å². The molecule has 4 heterocycles. The number of carbonyl (C=O) groups excluding carboxylic acids is 1. The van der Waals surface area contributed by atoms with Crippen LogP contribution in [0.5, 0.6) is 5.88 Å². The molecule has 162 valence electrons. The molecule has 2 N–H and O–H groups in total. The van der Waals surface area contributed by atoms with Crippen LogP contribution in [-0.2, 0) is 16.8 Å². The van der Waals surface area contributed by atoms with E-state index in [0.717, 1.165) is 18.3 Å². The van der Waals surface area contributed by atoms with E-state index < -0.39 is 28.7 Å². The highest BCUT2D eigenvalue weighted by molar-refractivity contribution is 6.05. The van der Waals surface area contributed by atoms with Crippen LogP contribution in [0.1, 0.15) is 25.0 Å². The van der Waals surface area contributed by atoms with Gasteiger partial charge in [-0.15, -0.1) is 0 Å². The average molecular weight is 440 g/mol. The van der Waals surface area contributed by atoms with Crippen LogP contribution < -0.4 is 5.32 Å². The Morgan fingerprint density at radius 2 is 1.97 bits per heavy atom. The van der Waals surface area contributed by atoms with Gasteiger partial charge in [0.25, 0.3) is 0 Å². The molecule has 0 saturated heterocycles. The van der Waals surface area contributed by atoms with Crippen molar-refractivity contribution in [1.82, 2.24) is 24.7 Å². The third kappa shape index (κ3) is 2.88. The minimum atomic E-state index is -1.04. The maximum atomic E-state index is 14.2. The second-order valence-corrected chi connectivity index (χ2v) is 7.92. The Bertz CT molecular complexity index is 1430. The Kier molecular flexibility index (Phi) is 4.19. The topological polar surface area (TPSA) is 106 Å². The Hall–Kier alpha value is -4.02. The lowest BCUT2D eigenvalue weighted by molar-refractivity contribution is -0.119. The number of benzene rings is 1. The lowest BCUT2D eigenvalue weighted by Crippen LogP contribution is -2.27. The van der Waals surface area contributed by atoms with Gasteiger partial charge in [0.2, 0.25) is 11.8 Å². The fourth-order valence-corrected chi connectivity index (χ4v) is 3.74. The highest BCUT2D eigenvalue weighted by Gasteiger charge is 2.43. The predicted octanol–water partition coefficient (Wildman–Crippen LogP) is 3.29. The summed E-state index contributed by atoms with van der Waals surface area (Å²) in [6, 6.07) is 4.90. The van der Waals surface area contributed by atoms with Crippen molar-refractivity contribution in [3.63, 3.8) is 0 Å². The van der Waals surface area contributed by atoms with Gasteiger partial charge in [-0.2, -0.15) is 10.1 Å². The van der Waals surface area contributed by atoms with Crippen molar-refractivity contribution in [2.24, 2.45) is 0 Å². The van der Waals surface area contributed by atoms with Gasteiger partial charge in [0, 0.05) is 5.56 Å². The first-order valence-corrected chi connectivity index (χ1v) is 9.55. The molecule has 0 atom stereocenters. The fraction of sp³-hybridized carbons (Fsp3) is 0.190. The number of hydrogen-bond acceptors (Lipinski definition) is 6. The van der Waals surface area contributed by atoms with Crippen molar-refractivity contribution >= 4 is 22.8 Å². The largest absolute Gasteiger partial charge is 0.493 e. The number of fused-ring (bicyclic) bond motifs is 2. The fourth-order valence-electron chi connectivity index (χ4n) is 3.74. The average Bonchev–Trinajstić information content (AvgIpc) is 3.19. The first-order valence-electron chi connectivity index (χ1n) is 9.55. The predicted molar refractivity (Wildman–Crippen MR) is 107 cm³/mol. The standard InChI is InChI=1S/C21H15F3N6O2/c1-21(2)13-16(28-20(21)32)26-17(27-19(13)31)15-11-6-10(22)7-25-18(11)30(29-15)8-9-4-3-5-12(23)14(9)24/h3-7H,8H2,1-2H3,(H2,26,27,28,31,32). The van der Waals surface area contributed by atoms with Crippen LogP contribution in [0.4, 0.5) is 19.0 Å². The summed E-state index contributed by atoms with van der Waals surface area (Å²) in [4.78, 5) is 24.6. The molecule has 0 spiro atoms. The highest BCUT2D eigenvalue weighted by Crippen LogP contribution is 2.42. The van der Waals surface area contributed by atoms with Gasteiger partial charge in [0.15, 0.2) is 23.1 Å². The smallest absolute Gasteiger partial charge is 0.235 e. The van der Waals surface area contributed by atoms with Crippen LogP contribution in [-0.4, -0.2) is 35.7 Å². The SMILES string of the molecule is CC1(C)C(=O)Nc2nc(-c3nn(Cc4cccc(F)c4F)c4ncc(F)cc34)nc(O)c21. The Morgan fingerprint density at radius 1 is 1.19 bits per heavy atom. The Labute approximate surface area is 178 Å². The molecule has 8 nitrogen and oxygen atoms in total. The van der Waals surface area contributed by atoms with E-state index in [1.54, 1.807) is 13.8 Å². The number of nitrogens with zero attached hydrogens (tertiary/aromatic N) is 5. The number of carbonyl (C=O) groups is 1. The number of nitrogens with one attached hydrogen (secondary N) is 1. The summed E-state index contributed by atoms with van der Waals surface area (Å²) >= 11 is 0. The monoisotopic (exact) mass is 440 g/mol. The maximum Gasteiger partial charge on any atom is 0.235 e. The summed E-state index contributed by atoms with van der Waals surface area (Å²) in [7, 11) is 0. The van der Waals surface area contributed by atoms with E-state index in [9.17, 15) is 23.1 Å². The lowest BCUT2D eigenvalue weighted by atomic mass is 9.87. The number of rotatable bonds is 3. The van der Waals surface area contributed by atoms with Crippen LogP contribution in [0, 0.1) is 17.5 Å². The molecular weight excluding hydrogens is 425 g/mol. The molecule has 0 saturated carbocycles. The zero-order chi connectivity index (χ0) is 22.8. The second kappa shape index (κ2) is 6.74. The van der Waals surface area contributed by atoms with Gasteiger partial charge < -0.3 is 10.4 Å². The molecule has 0 aliphatic carbocycles. The van der Waals surface area contributed by atoms with E-state index in [1.807, 2.05) is 0 Å². The number of pyridine rings is 1. The second-order valence-electron chi connectivity index (χ2n) is 7.92. The van der Waals surface area contributed by atoms with Gasteiger partial charge in [0.05, 0.1) is 29.1 Å². The first kappa shape index (κ1) is 19.9. The van der Waals surface area contributed by atoms with E-state index in [-0.39, 0.29) is 51.9 Å². The van der Waals surface area contributed by atoms with Crippen molar-refractivity contribution in [1.29, 1.82) is 0 Å². The zero-order valence-electron chi connectivity index (χ0n) is 16.8. The molecule has 3 aromatic heterocycles. The normalized spacial score (nSPS) is 14.6. The molecule has 1 amide bonds. The van der Waals surface area contributed by atoms with E-state index in [4.69, 9.17) is 0 Å². The minimum Gasteiger partial charge on any atom is -0.493 e. The van der Waals surface area contributed by atoms with Crippen LogP contribution in [0.15, 0.2) is 30.5 Å². The van der Waals surface area contributed by atoms with Crippen molar-refractivity contribution in [3.05, 3.63) is 59.0 Å². The quantitative estimate of drug-likeness (QED) is 0.507. The summed E-state index contributed by atoms with van der Waals surface area (Å²) in [5.41, 5.74) is -0.555. The third-order valence-electron chi connectivity index (χ3n) is 5.43. The van der Waals surface area contributed by atoms with Crippen LogP contribution in [0.3, 0.4) is 0 Å². The van der Waals surface area contributed by atoms with E-state index >= 15 is 0 Å². The molecule has 0 unspecified atom stereocenters. The molecular formula is C21H15F3N6O2. The van der Waals surface area contributed by atoms with E-state index in [1.165, 1.54) is 16.8 Å². The number of hydrogen-bond donors (Lipinski definition) is 2. The summed E-state index contributed by atoms with van der Waals surface area (Å²) < 4.78 is 43.1. The molecule has 5 rings (SSSR count). The van der Waals surface area contributed by atoms with Crippen molar-refractivity contribution in [3.8, 4) is 17.4 Å². The van der Waals surface area contributed by atoms with Crippen LogP contribution in [0.25, 0.3) is 22.6 Å². The van der Waals surface area contributed by atoms with Crippen LogP contribution in [0.2, 0.25) is 0 Å². The molecule has 32 heavy (non-hydrogen) atoms. The van der Waals surface area contributed by atoms with E-state index in [2.05, 4.69) is 25.4 Å². The Morgan fingerprint density at radius 3 is 2.75 bits per heavy atom. The highest BCUT2D eigenvalue weighted by atomic mass is 19.2. The van der Waals surface area contributed by atoms with Crippen LogP contribution >= 0.6 is 0 Å². The van der Waals surface area contributed by atoms with Gasteiger partial charge in [0.1, 0.15) is 17.3 Å². The number of aromatic hydroxyl groups is 1. The lowest BCUT2D eigenvalue weighted by Gasteiger charge is -2.15. The molecule has 4 aromatic rings. The van der Waals surface area contributed by atoms with Crippen molar-refractivity contribution < 1.29 is 23.1 Å². The molecule has 0 fully saturated rings. The third-order valence-corrected chi connectivity index (χ3v) is 5.43. The summed E-state index contributed by atoms with van der Waals surface area (Å²) in [6.45, 7) is 3.04. The molecule has 1 aromatic carbocycles. The number of amides is 1. The summed E-state index contributed by atoms with van der Waals surface area (Å²) in [5, 5.41) is 17.6.